The molecule has 0 unspecified atom stereocenters. The van der Waals surface area contributed by atoms with E-state index in [2.05, 4.69) is 5.10 Å². The van der Waals surface area contributed by atoms with Crippen LogP contribution in [0.3, 0.4) is 0 Å². The van der Waals surface area contributed by atoms with Gasteiger partial charge in [0.25, 0.3) is 0 Å². The third kappa shape index (κ3) is 3.11. The molecule has 0 aliphatic carbocycles. The molecule has 2 rings (SSSR count). The van der Waals surface area contributed by atoms with E-state index in [1.165, 1.54) is 4.68 Å². The van der Waals surface area contributed by atoms with E-state index in [-0.39, 0.29) is 18.4 Å². The molecule has 94 valence electrons. The Kier molecular flexibility index (Phi) is 4.51. The van der Waals surface area contributed by atoms with Gasteiger partial charge in [0.2, 0.25) is 5.96 Å². The summed E-state index contributed by atoms with van der Waals surface area (Å²) in [6, 6.07) is 11.5. The van der Waals surface area contributed by atoms with Gasteiger partial charge in [0.1, 0.15) is 5.82 Å². The van der Waals surface area contributed by atoms with E-state index in [1.807, 2.05) is 42.5 Å². The zero-order valence-corrected chi connectivity index (χ0v) is 10.4. The maximum absolute atomic E-state index is 7.26. The van der Waals surface area contributed by atoms with Crippen LogP contribution in [0.1, 0.15) is 11.3 Å². The second-order valence-electron chi connectivity index (χ2n) is 3.54. The van der Waals surface area contributed by atoms with Crippen molar-refractivity contribution in [2.24, 2.45) is 5.73 Å². The third-order valence-electron chi connectivity index (χ3n) is 2.23. The minimum Gasteiger partial charge on any atom is -0.383 e. The Balaban J connectivity index is 0.00000162. The highest BCUT2D eigenvalue weighted by molar-refractivity contribution is 5.85. The van der Waals surface area contributed by atoms with Gasteiger partial charge in [0, 0.05) is 6.07 Å². The van der Waals surface area contributed by atoms with Crippen molar-refractivity contribution in [3.63, 3.8) is 0 Å². The molecule has 2 aromatic rings. The van der Waals surface area contributed by atoms with Gasteiger partial charge in [0.15, 0.2) is 0 Å². The lowest BCUT2D eigenvalue weighted by molar-refractivity contribution is 0.916. The number of anilines is 1. The Bertz CT molecular complexity index is 559. The Labute approximate surface area is 111 Å². The van der Waals surface area contributed by atoms with Crippen molar-refractivity contribution < 1.29 is 0 Å². The van der Waals surface area contributed by atoms with Crippen LogP contribution in [0.4, 0.5) is 5.82 Å². The molecule has 0 amide bonds. The van der Waals surface area contributed by atoms with Gasteiger partial charge in [-0.05, 0) is 11.6 Å². The summed E-state index contributed by atoms with van der Waals surface area (Å²) < 4.78 is 1.19. The van der Waals surface area contributed by atoms with Crippen LogP contribution >= 0.6 is 12.4 Å². The number of nitrogens with one attached hydrogen (secondary N) is 1. The first-order valence-electron chi connectivity index (χ1n) is 5.10. The second kappa shape index (κ2) is 5.88. The van der Waals surface area contributed by atoms with Crippen molar-refractivity contribution in [2.45, 2.75) is 0 Å². The largest absolute Gasteiger partial charge is 0.383 e. The quantitative estimate of drug-likeness (QED) is 0.570. The average molecular weight is 264 g/mol. The fourth-order valence-electron chi connectivity index (χ4n) is 1.43. The smallest absolute Gasteiger partial charge is 0.215 e. The normalized spacial score (nSPS) is 10.2. The van der Waals surface area contributed by atoms with Gasteiger partial charge in [-0.15, -0.1) is 12.4 Å². The molecule has 5 nitrogen and oxygen atoms in total. The van der Waals surface area contributed by atoms with E-state index in [9.17, 15) is 0 Å². The molecule has 0 aliphatic heterocycles. The molecule has 0 saturated heterocycles. The van der Waals surface area contributed by atoms with Crippen LogP contribution in [0.15, 0.2) is 36.4 Å². The van der Waals surface area contributed by atoms with Crippen LogP contribution in [0.25, 0.3) is 12.2 Å². The second-order valence-corrected chi connectivity index (χ2v) is 3.54. The van der Waals surface area contributed by atoms with Crippen molar-refractivity contribution in [1.82, 2.24) is 9.78 Å². The molecule has 6 heteroatoms. The fraction of sp³-hybridized carbons (Fsp3) is 0. The minimum atomic E-state index is -0.193. The summed E-state index contributed by atoms with van der Waals surface area (Å²) in [6.45, 7) is 0. The Morgan fingerprint density at radius 3 is 2.44 bits per heavy atom. The predicted octanol–water partition coefficient (Wildman–Crippen LogP) is 1.80. The first-order valence-corrected chi connectivity index (χ1v) is 5.10. The van der Waals surface area contributed by atoms with E-state index in [1.54, 1.807) is 6.07 Å². The summed E-state index contributed by atoms with van der Waals surface area (Å²) in [4.78, 5) is 0. The Hall–Kier alpha value is -2.27. The summed E-state index contributed by atoms with van der Waals surface area (Å²) >= 11 is 0. The van der Waals surface area contributed by atoms with Crippen molar-refractivity contribution in [2.75, 3.05) is 5.73 Å². The van der Waals surface area contributed by atoms with E-state index >= 15 is 0 Å². The molecule has 1 aromatic heterocycles. The molecule has 0 radical (unpaired) electrons. The summed E-state index contributed by atoms with van der Waals surface area (Å²) in [5.41, 5.74) is 12.7. The third-order valence-corrected chi connectivity index (χ3v) is 2.23. The predicted molar refractivity (Wildman–Crippen MR) is 76.6 cm³/mol. The summed E-state index contributed by atoms with van der Waals surface area (Å²) in [5.74, 6) is 0.159. The number of benzene rings is 1. The molecule has 0 aliphatic rings. The number of hydrogen-bond donors (Lipinski definition) is 3. The molecule has 0 atom stereocenters. The van der Waals surface area contributed by atoms with Crippen molar-refractivity contribution in [3.05, 3.63) is 47.7 Å². The molecule has 18 heavy (non-hydrogen) atoms. The molecule has 0 saturated carbocycles. The van der Waals surface area contributed by atoms with Crippen molar-refractivity contribution in [1.29, 1.82) is 5.41 Å². The van der Waals surface area contributed by atoms with Crippen LogP contribution in [-0.2, 0) is 0 Å². The zero-order valence-electron chi connectivity index (χ0n) is 9.58. The number of rotatable bonds is 2. The van der Waals surface area contributed by atoms with Crippen molar-refractivity contribution in [3.8, 4) is 0 Å². The topological polar surface area (TPSA) is 93.7 Å². The van der Waals surface area contributed by atoms with E-state index in [0.29, 0.717) is 11.5 Å². The number of aromatic nitrogens is 2. The highest BCUT2D eigenvalue weighted by atomic mass is 35.5. The van der Waals surface area contributed by atoms with Gasteiger partial charge in [0.05, 0.1) is 5.69 Å². The molecule has 0 fully saturated rings. The monoisotopic (exact) mass is 263 g/mol. The molecule has 1 aromatic carbocycles. The van der Waals surface area contributed by atoms with Gasteiger partial charge >= 0.3 is 0 Å². The molecule has 0 bridgehead atoms. The van der Waals surface area contributed by atoms with Gasteiger partial charge in [-0.25, -0.2) is 0 Å². The lowest BCUT2D eigenvalue weighted by atomic mass is 10.2. The van der Waals surface area contributed by atoms with Gasteiger partial charge in [-0.3, -0.25) is 5.41 Å². The first-order chi connectivity index (χ1) is 8.16. The maximum atomic E-state index is 7.26. The van der Waals surface area contributed by atoms with Gasteiger partial charge in [-0.2, -0.15) is 9.78 Å². The maximum Gasteiger partial charge on any atom is 0.215 e. The van der Waals surface area contributed by atoms with E-state index < -0.39 is 0 Å². The molecular weight excluding hydrogens is 250 g/mol. The molecule has 5 N–H and O–H groups in total. The van der Waals surface area contributed by atoms with Gasteiger partial charge < -0.3 is 11.5 Å². The zero-order chi connectivity index (χ0) is 12.3. The van der Waals surface area contributed by atoms with Crippen LogP contribution in [-0.4, -0.2) is 15.7 Å². The van der Waals surface area contributed by atoms with E-state index in [4.69, 9.17) is 16.9 Å². The number of nitrogen functional groups attached to an aromatic ring is 2. The summed E-state index contributed by atoms with van der Waals surface area (Å²) in [6.07, 6.45) is 3.75. The Morgan fingerprint density at radius 2 is 1.89 bits per heavy atom. The summed E-state index contributed by atoms with van der Waals surface area (Å²) in [5, 5.41) is 11.3. The standard InChI is InChI=1S/C12H13N5.ClH/c13-11-8-10(16-17(11)12(14)15)7-6-9-4-2-1-3-5-9;/h1-8H,13H2,(H3,14,15);1H. The lowest BCUT2D eigenvalue weighted by Crippen LogP contribution is -2.23. The molecule has 0 spiro atoms. The highest BCUT2D eigenvalue weighted by Crippen LogP contribution is 2.10. The van der Waals surface area contributed by atoms with Crippen LogP contribution < -0.4 is 11.5 Å². The van der Waals surface area contributed by atoms with Crippen LogP contribution in [0.5, 0.6) is 0 Å². The summed E-state index contributed by atoms with van der Waals surface area (Å²) in [7, 11) is 0. The van der Waals surface area contributed by atoms with Crippen molar-refractivity contribution >= 4 is 36.3 Å². The lowest BCUT2D eigenvalue weighted by Gasteiger charge is -1.97. The van der Waals surface area contributed by atoms with Crippen LogP contribution in [0, 0.1) is 5.41 Å². The van der Waals surface area contributed by atoms with Crippen LogP contribution in [0.2, 0.25) is 0 Å². The highest BCUT2D eigenvalue weighted by Gasteiger charge is 2.03. The fourth-order valence-corrected chi connectivity index (χ4v) is 1.43. The number of nitrogens with zero attached hydrogens (tertiary/aromatic N) is 2. The van der Waals surface area contributed by atoms with Gasteiger partial charge in [-0.1, -0.05) is 36.4 Å². The van der Waals surface area contributed by atoms with E-state index in [0.717, 1.165) is 5.56 Å². The minimum absolute atomic E-state index is 0. The molecule has 1 heterocycles. The Morgan fingerprint density at radius 1 is 1.22 bits per heavy atom. The number of halogens is 1. The molecular formula is C12H14ClN5. The first kappa shape index (κ1) is 13.8. The SMILES string of the molecule is Cl.N=C(N)n1nc(C=Cc2ccccc2)cc1N. The average Bonchev–Trinajstić information content (AvgIpc) is 2.69. The number of hydrogen-bond acceptors (Lipinski definition) is 3. The number of nitrogens with two attached hydrogens (primary N) is 2.